The van der Waals surface area contributed by atoms with Crippen LogP contribution in [0.5, 0.6) is 0 Å². The van der Waals surface area contributed by atoms with Crippen LogP contribution in [0.2, 0.25) is 0 Å². The van der Waals surface area contributed by atoms with E-state index in [1.54, 1.807) is 6.33 Å². The van der Waals surface area contributed by atoms with Crippen molar-refractivity contribution in [2.24, 2.45) is 4.99 Å². The Kier molecular flexibility index (Phi) is 7.48. The molecule has 1 aliphatic carbocycles. The van der Waals surface area contributed by atoms with Crippen LogP contribution < -0.4 is 10.6 Å². The zero-order chi connectivity index (χ0) is 15.9. The van der Waals surface area contributed by atoms with Gasteiger partial charge in [-0.1, -0.05) is 31.0 Å². The third-order valence-corrected chi connectivity index (χ3v) is 4.07. The van der Waals surface area contributed by atoms with Crippen LogP contribution in [0.1, 0.15) is 38.4 Å². The van der Waals surface area contributed by atoms with E-state index in [2.05, 4.69) is 32.7 Å². The second-order valence-electron chi connectivity index (χ2n) is 5.77. The predicted octanol–water partition coefficient (Wildman–Crippen LogP) is 2.88. The van der Waals surface area contributed by atoms with Gasteiger partial charge in [0.25, 0.3) is 0 Å². The molecule has 2 N–H and O–H groups in total. The predicted molar refractivity (Wildman–Crippen MR) is 107 cm³/mol. The lowest BCUT2D eigenvalue weighted by molar-refractivity contribution is 0.613. The Bertz CT molecular complexity index is 634. The Morgan fingerprint density at radius 1 is 1.25 bits per heavy atom. The van der Waals surface area contributed by atoms with Gasteiger partial charge in [0, 0.05) is 18.3 Å². The van der Waals surface area contributed by atoms with E-state index in [1.807, 2.05) is 34.9 Å². The molecule has 0 atom stereocenters. The normalized spacial score (nSPS) is 15.1. The van der Waals surface area contributed by atoms with Gasteiger partial charge in [-0.05, 0) is 31.9 Å². The van der Waals surface area contributed by atoms with Crippen molar-refractivity contribution in [1.82, 2.24) is 25.4 Å². The van der Waals surface area contributed by atoms with Crippen LogP contribution in [0.4, 0.5) is 0 Å². The van der Waals surface area contributed by atoms with Crippen LogP contribution in [0.3, 0.4) is 0 Å². The van der Waals surface area contributed by atoms with Crippen LogP contribution in [0.25, 0.3) is 5.69 Å². The second kappa shape index (κ2) is 9.61. The van der Waals surface area contributed by atoms with Gasteiger partial charge in [0.15, 0.2) is 11.8 Å². The molecule has 0 unspecified atom stereocenters. The molecule has 6 nitrogen and oxygen atoms in total. The lowest BCUT2D eigenvalue weighted by Gasteiger charge is -2.16. The van der Waals surface area contributed by atoms with E-state index < -0.39 is 0 Å². The molecule has 1 aromatic carbocycles. The number of guanidine groups is 1. The molecule has 0 spiro atoms. The number of aliphatic imine (C=N–C) groups is 1. The topological polar surface area (TPSA) is 67.1 Å². The zero-order valence-electron chi connectivity index (χ0n) is 14.0. The highest BCUT2D eigenvalue weighted by Crippen LogP contribution is 2.17. The fourth-order valence-electron chi connectivity index (χ4n) is 2.90. The van der Waals surface area contributed by atoms with Gasteiger partial charge in [0.2, 0.25) is 0 Å². The maximum Gasteiger partial charge on any atom is 0.191 e. The summed E-state index contributed by atoms with van der Waals surface area (Å²) in [6.45, 7) is 3.43. The third kappa shape index (κ3) is 4.93. The van der Waals surface area contributed by atoms with E-state index in [0.29, 0.717) is 12.6 Å². The molecule has 1 heterocycles. The first-order valence-corrected chi connectivity index (χ1v) is 8.36. The largest absolute Gasteiger partial charge is 0.357 e. The highest BCUT2D eigenvalue weighted by Gasteiger charge is 2.16. The summed E-state index contributed by atoms with van der Waals surface area (Å²) in [6, 6.07) is 10.6. The van der Waals surface area contributed by atoms with Crippen LogP contribution in [-0.4, -0.2) is 33.3 Å². The number of benzene rings is 1. The first-order valence-electron chi connectivity index (χ1n) is 8.36. The molecule has 3 rings (SSSR count). The number of rotatable bonds is 5. The maximum absolute atomic E-state index is 4.68. The highest BCUT2D eigenvalue weighted by atomic mass is 127. The van der Waals surface area contributed by atoms with Crippen LogP contribution in [0, 0.1) is 0 Å². The van der Waals surface area contributed by atoms with Crippen molar-refractivity contribution >= 4 is 29.9 Å². The van der Waals surface area contributed by atoms with Crippen molar-refractivity contribution in [3.8, 4) is 5.69 Å². The van der Waals surface area contributed by atoms with Gasteiger partial charge in [0.1, 0.15) is 12.9 Å². The molecule has 1 saturated carbocycles. The summed E-state index contributed by atoms with van der Waals surface area (Å²) < 4.78 is 1.97. The maximum atomic E-state index is 4.68. The number of para-hydroxylation sites is 1. The average molecular weight is 440 g/mol. The summed E-state index contributed by atoms with van der Waals surface area (Å²) in [5, 5.41) is 15.1. The summed E-state index contributed by atoms with van der Waals surface area (Å²) in [5.41, 5.74) is 1.05. The summed E-state index contributed by atoms with van der Waals surface area (Å²) >= 11 is 0. The minimum absolute atomic E-state index is 0. The summed E-state index contributed by atoms with van der Waals surface area (Å²) in [7, 11) is 0. The fraction of sp³-hybridized carbons (Fsp3) is 0.471. The zero-order valence-corrected chi connectivity index (χ0v) is 16.3. The summed E-state index contributed by atoms with van der Waals surface area (Å²) in [5.74, 6) is 1.70. The average Bonchev–Trinajstić information content (AvgIpc) is 3.25. The van der Waals surface area contributed by atoms with Crippen LogP contribution in [-0.2, 0) is 6.54 Å². The number of aromatic nitrogens is 3. The number of nitrogens with one attached hydrogen (secondary N) is 2. The molecule has 0 bridgehead atoms. The van der Waals surface area contributed by atoms with Gasteiger partial charge in [0.05, 0.1) is 0 Å². The standard InChI is InChI=1S/C17H24N6.HI/c1-2-18-17(21-14-8-6-7-9-14)19-12-16-22-20-13-23(16)15-10-4-3-5-11-15;/h3-5,10-11,13-14H,2,6-9,12H2,1H3,(H2,18,19,21);1H. The first kappa shape index (κ1) is 18.7. The first-order chi connectivity index (χ1) is 11.4. The van der Waals surface area contributed by atoms with Gasteiger partial charge in [-0.25, -0.2) is 4.99 Å². The molecule has 130 valence electrons. The Labute approximate surface area is 160 Å². The van der Waals surface area contributed by atoms with E-state index in [9.17, 15) is 0 Å². The molecule has 0 radical (unpaired) electrons. The summed E-state index contributed by atoms with van der Waals surface area (Å²) in [4.78, 5) is 4.68. The number of halogens is 1. The van der Waals surface area contributed by atoms with Crippen molar-refractivity contribution in [3.05, 3.63) is 42.5 Å². The molecule has 0 amide bonds. The lowest BCUT2D eigenvalue weighted by atomic mass is 10.2. The van der Waals surface area contributed by atoms with Crippen LogP contribution >= 0.6 is 24.0 Å². The van der Waals surface area contributed by atoms with E-state index in [-0.39, 0.29) is 24.0 Å². The molecule has 0 saturated heterocycles. The molecule has 7 heteroatoms. The molecule has 1 fully saturated rings. The minimum Gasteiger partial charge on any atom is -0.357 e. The Hall–Kier alpha value is -1.64. The van der Waals surface area contributed by atoms with Crippen molar-refractivity contribution in [3.63, 3.8) is 0 Å². The number of hydrogen-bond donors (Lipinski definition) is 2. The molecular formula is C17H25IN6. The van der Waals surface area contributed by atoms with E-state index in [4.69, 9.17) is 0 Å². The smallest absolute Gasteiger partial charge is 0.191 e. The Morgan fingerprint density at radius 3 is 2.71 bits per heavy atom. The number of hydrogen-bond acceptors (Lipinski definition) is 3. The molecule has 1 aromatic heterocycles. The van der Waals surface area contributed by atoms with Crippen molar-refractivity contribution in [2.45, 2.75) is 45.2 Å². The molecule has 2 aromatic rings. The van der Waals surface area contributed by atoms with Gasteiger partial charge >= 0.3 is 0 Å². The van der Waals surface area contributed by atoms with Crippen molar-refractivity contribution in [1.29, 1.82) is 0 Å². The quantitative estimate of drug-likeness (QED) is 0.427. The fourth-order valence-corrected chi connectivity index (χ4v) is 2.90. The SMILES string of the molecule is CCNC(=NCc1nncn1-c1ccccc1)NC1CCCC1.I. The van der Waals surface area contributed by atoms with E-state index in [0.717, 1.165) is 24.0 Å². The van der Waals surface area contributed by atoms with Gasteiger partial charge in [-0.2, -0.15) is 0 Å². The van der Waals surface area contributed by atoms with Gasteiger partial charge < -0.3 is 10.6 Å². The van der Waals surface area contributed by atoms with Crippen LogP contribution in [0.15, 0.2) is 41.7 Å². The van der Waals surface area contributed by atoms with Gasteiger partial charge in [-0.15, -0.1) is 34.2 Å². The van der Waals surface area contributed by atoms with E-state index >= 15 is 0 Å². The lowest BCUT2D eigenvalue weighted by Crippen LogP contribution is -2.42. The molecule has 0 aliphatic heterocycles. The monoisotopic (exact) mass is 440 g/mol. The Balaban J connectivity index is 0.00000208. The van der Waals surface area contributed by atoms with Crippen molar-refractivity contribution in [2.75, 3.05) is 6.54 Å². The molecule has 24 heavy (non-hydrogen) atoms. The second-order valence-corrected chi connectivity index (χ2v) is 5.77. The Morgan fingerprint density at radius 2 is 2.00 bits per heavy atom. The minimum atomic E-state index is 0. The van der Waals surface area contributed by atoms with E-state index in [1.165, 1.54) is 25.7 Å². The van der Waals surface area contributed by atoms with Crippen molar-refractivity contribution < 1.29 is 0 Å². The highest BCUT2D eigenvalue weighted by molar-refractivity contribution is 14.0. The molecule has 1 aliphatic rings. The van der Waals surface area contributed by atoms with Gasteiger partial charge in [-0.3, -0.25) is 4.57 Å². The number of nitrogens with zero attached hydrogens (tertiary/aromatic N) is 4. The summed E-state index contributed by atoms with van der Waals surface area (Å²) in [6.07, 6.45) is 6.80. The third-order valence-electron chi connectivity index (χ3n) is 4.07. The molecular weight excluding hydrogens is 415 g/mol.